The first-order chi connectivity index (χ1) is 14.5. The molecule has 32 heavy (non-hydrogen) atoms. The van der Waals surface area contributed by atoms with Crippen LogP contribution in [0.3, 0.4) is 0 Å². The molecule has 3 amide bonds. The van der Waals surface area contributed by atoms with E-state index >= 15 is 0 Å². The van der Waals surface area contributed by atoms with Gasteiger partial charge in [-0.2, -0.15) is 0 Å². The van der Waals surface area contributed by atoms with Crippen LogP contribution in [0.25, 0.3) is 0 Å². The van der Waals surface area contributed by atoms with Crippen LogP contribution in [-0.4, -0.2) is 87.9 Å². The van der Waals surface area contributed by atoms with Gasteiger partial charge in [-0.05, 0) is 74.7 Å². The molecule has 0 bridgehead atoms. The van der Waals surface area contributed by atoms with E-state index in [4.69, 9.17) is 0 Å². The van der Waals surface area contributed by atoms with E-state index in [0.717, 1.165) is 0 Å². The molecule has 0 heterocycles. The van der Waals surface area contributed by atoms with Crippen molar-refractivity contribution in [2.75, 3.05) is 31.7 Å². The van der Waals surface area contributed by atoms with Crippen LogP contribution in [0.4, 0.5) is 5.69 Å². The number of hydrogen-bond acceptors (Lipinski definition) is 8. The minimum atomic E-state index is -1.36. The van der Waals surface area contributed by atoms with Crippen molar-refractivity contribution in [2.24, 2.45) is 0 Å². The zero-order chi connectivity index (χ0) is 23.9. The number of hydrogen-bond donors (Lipinski definition) is 8. The number of amides is 3. The number of nitrogens with one attached hydrogen (secondary N) is 3. The molecule has 174 valence electrons. The van der Waals surface area contributed by atoms with Crippen molar-refractivity contribution in [1.82, 2.24) is 10.6 Å². The first-order valence-electron chi connectivity index (χ1n) is 8.78. The van der Waals surface area contributed by atoms with Gasteiger partial charge < -0.3 is 41.5 Å². The Hall–Kier alpha value is 0.620. The molecular formula is C17H22I3N3NaO8+. The molecule has 0 aliphatic carbocycles. The summed E-state index contributed by atoms with van der Waals surface area (Å²) >= 11 is 5.41. The van der Waals surface area contributed by atoms with Gasteiger partial charge in [0.05, 0.1) is 62.5 Å². The summed E-state index contributed by atoms with van der Waals surface area (Å²) in [4.78, 5) is 37.9. The summed E-state index contributed by atoms with van der Waals surface area (Å²) < 4.78 is 0.746. The number of carbonyl (C=O) groups excluding carboxylic acids is 3. The predicted octanol–water partition coefficient (Wildman–Crippen LogP) is -4.01. The van der Waals surface area contributed by atoms with E-state index in [9.17, 15) is 39.9 Å². The van der Waals surface area contributed by atoms with Gasteiger partial charge in [0, 0.05) is 3.57 Å². The molecule has 0 spiro atoms. The average Bonchev–Trinajstić information content (AvgIpc) is 2.72. The van der Waals surface area contributed by atoms with Crippen molar-refractivity contribution in [3.63, 3.8) is 0 Å². The van der Waals surface area contributed by atoms with Crippen molar-refractivity contribution in [2.45, 2.75) is 25.1 Å². The van der Waals surface area contributed by atoms with Gasteiger partial charge in [-0.25, -0.2) is 0 Å². The van der Waals surface area contributed by atoms with Gasteiger partial charge in [-0.1, -0.05) is 0 Å². The number of carbonyl (C=O) groups is 3. The Bertz CT molecular complexity index is 783. The second kappa shape index (κ2) is 15.6. The molecule has 0 aliphatic heterocycles. The fraction of sp³-hybridized carbons (Fsp3) is 0.471. The maximum absolute atomic E-state index is 12.9. The molecule has 0 saturated heterocycles. The third-order valence-corrected chi connectivity index (χ3v) is 7.19. The smallest absolute Gasteiger partial charge is 0.394 e. The molecule has 1 atom stereocenters. The Balaban J connectivity index is 0.00000961. The van der Waals surface area contributed by atoms with Gasteiger partial charge in [-0.15, -0.1) is 0 Å². The molecule has 11 nitrogen and oxygen atoms in total. The maximum atomic E-state index is 12.9. The third kappa shape index (κ3) is 8.38. The predicted molar refractivity (Wildman–Crippen MR) is 136 cm³/mol. The van der Waals surface area contributed by atoms with Gasteiger partial charge in [0.25, 0.3) is 17.7 Å². The van der Waals surface area contributed by atoms with Crippen LogP contribution in [0.2, 0.25) is 0 Å². The first kappa shape index (κ1) is 32.6. The largest absolute Gasteiger partial charge is 1.00 e. The van der Waals surface area contributed by atoms with Gasteiger partial charge in [0.15, 0.2) is 0 Å². The monoisotopic (exact) mass is 800 g/mol. The summed E-state index contributed by atoms with van der Waals surface area (Å²) in [5.74, 6) is -2.18. The molecular weight excluding hydrogens is 778 g/mol. The molecule has 8 N–H and O–H groups in total. The Morgan fingerprint density at radius 2 is 1.12 bits per heavy atom. The maximum Gasteiger partial charge on any atom is 1.00 e. The second-order valence-electron chi connectivity index (χ2n) is 6.30. The minimum Gasteiger partial charge on any atom is -0.394 e. The fourth-order valence-electron chi connectivity index (χ4n) is 2.21. The third-order valence-electron chi connectivity index (χ3n) is 3.95. The van der Waals surface area contributed by atoms with Crippen LogP contribution < -0.4 is 45.5 Å². The molecule has 0 saturated carbocycles. The minimum absolute atomic E-state index is 0. The summed E-state index contributed by atoms with van der Waals surface area (Å²) in [7, 11) is 0. The van der Waals surface area contributed by atoms with E-state index in [-0.39, 0.29) is 57.1 Å². The molecule has 0 fully saturated rings. The second-order valence-corrected chi connectivity index (χ2v) is 9.54. The Morgan fingerprint density at radius 1 is 0.781 bits per heavy atom. The summed E-state index contributed by atoms with van der Waals surface area (Å²) in [6, 6.07) is -1.89. The van der Waals surface area contributed by atoms with Gasteiger partial charge in [0.2, 0.25) is 0 Å². The Morgan fingerprint density at radius 3 is 1.41 bits per heavy atom. The summed E-state index contributed by atoms with van der Waals surface area (Å²) in [6.45, 7) is -0.829. The van der Waals surface area contributed by atoms with Gasteiger partial charge in [0.1, 0.15) is 6.10 Å². The fourth-order valence-corrected chi connectivity index (χ4v) is 6.63. The van der Waals surface area contributed by atoms with Crippen molar-refractivity contribution < 1.29 is 69.5 Å². The number of aliphatic hydroxyl groups is 5. The van der Waals surface area contributed by atoms with Crippen LogP contribution in [0.1, 0.15) is 27.6 Å². The van der Waals surface area contributed by atoms with Crippen molar-refractivity contribution >= 4 is 91.2 Å². The topological polar surface area (TPSA) is 188 Å². The van der Waals surface area contributed by atoms with Crippen molar-refractivity contribution in [3.05, 3.63) is 21.8 Å². The van der Waals surface area contributed by atoms with E-state index in [2.05, 4.69) is 16.0 Å². The number of aliphatic hydroxyl groups excluding tert-OH is 5. The van der Waals surface area contributed by atoms with E-state index in [0.29, 0.717) is 0 Å². The quantitative estimate of drug-likeness (QED) is 0.0869. The zero-order valence-corrected chi connectivity index (χ0v) is 25.6. The van der Waals surface area contributed by atoms with E-state index in [1.807, 2.05) is 45.2 Å². The van der Waals surface area contributed by atoms with Gasteiger partial charge in [-0.3, -0.25) is 14.4 Å². The molecule has 1 aromatic rings. The van der Waals surface area contributed by atoms with Crippen LogP contribution >= 0.6 is 67.8 Å². The Kier molecular flexibility index (Phi) is 15.9. The van der Waals surface area contributed by atoms with Crippen LogP contribution in [0.5, 0.6) is 0 Å². The normalized spacial score (nSPS) is 11.7. The number of benzene rings is 1. The molecule has 15 heteroatoms. The summed E-state index contributed by atoms with van der Waals surface area (Å²) in [5.41, 5.74) is 0.116. The van der Waals surface area contributed by atoms with Crippen molar-refractivity contribution in [3.8, 4) is 0 Å². The van der Waals surface area contributed by atoms with Crippen molar-refractivity contribution in [1.29, 1.82) is 0 Å². The summed E-state index contributed by atoms with van der Waals surface area (Å²) in [6.07, 6.45) is -1.36. The SMILES string of the molecule is C[C@H](O)C(=O)Nc1c(I)c(C(=O)NC(CO)CO)c(I)c(C(=O)NC(CO)CO)c1I.[Na+]. The first-order valence-corrected chi connectivity index (χ1v) is 12.0. The molecule has 1 aromatic carbocycles. The molecule has 0 unspecified atom stereocenters. The van der Waals surface area contributed by atoms with Gasteiger partial charge >= 0.3 is 29.6 Å². The van der Waals surface area contributed by atoms with E-state index in [1.165, 1.54) is 6.92 Å². The Labute approximate surface area is 247 Å². The standard InChI is InChI=1S/C17H22I3N3O8.Na/c1-6(28)15(29)23-14-12(19)9(16(30)21-7(2-24)3-25)11(18)10(13(14)20)17(31)22-8(4-26)5-27;/h6-8,24-28H,2-5H2,1H3,(H,21,30)(H,22,31)(H,23,29);/q;+1/t6-;/m0./s1. The van der Waals surface area contributed by atoms with E-state index < -0.39 is 62.3 Å². The van der Waals surface area contributed by atoms with Crippen LogP contribution in [0.15, 0.2) is 0 Å². The number of halogens is 3. The van der Waals surface area contributed by atoms with E-state index in [1.54, 1.807) is 22.6 Å². The van der Waals surface area contributed by atoms with Crippen LogP contribution in [-0.2, 0) is 4.79 Å². The molecule has 1 rings (SSSR count). The summed E-state index contributed by atoms with van der Waals surface area (Å²) in [5, 5.41) is 54.0. The van der Waals surface area contributed by atoms with Crippen LogP contribution in [0, 0.1) is 10.7 Å². The zero-order valence-electron chi connectivity index (χ0n) is 17.2. The number of rotatable bonds is 10. The average molecular weight is 800 g/mol. The number of anilines is 1. The molecule has 0 aliphatic rings. The molecule has 0 aromatic heterocycles. The molecule has 0 radical (unpaired) electrons.